The molecular formula is C33H68NO6P. The number of amides is 1. The van der Waals surface area contributed by atoms with E-state index in [-0.39, 0.29) is 5.91 Å². The van der Waals surface area contributed by atoms with E-state index < -0.39 is 26.6 Å². The fourth-order valence-corrected chi connectivity index (χ4v) is 5.76. The first-order valence-electron chi connectivity index (χ1n) is 17.5. The number of hydrogen-bond donors (Lipinski definition) is 4. The predicted molar refractivity (Wildman–Crippen MR) is 172 cm³/mol. The number of rotatable bonds is 32. The monoisotopic (exact) mass is 605 g/mol. The Bertz CT molecular complexity index is 615. The van der Waals surface area contributed by atoms with Crippen LogP contribution in [0.25, 0.3) is 0 Å². The third kappa shape index (κ3) is 30.8. The zero-order valence-corrected chi connectivity index (χ0v) is 27.9. The van der Waals surface area contributed by atoms with Gasteiger partial charge in [0.1, 0.15) is 0 Å². The first-order valence-corrected chi connectivity index (χ1v) is 19.0. The van der Waals surface area contributed by atoms with Crippen molar-refractivity contribution in [2.24, 2.45) is 0 Å². The zero-order valence-electron chi connectivity index (χ0n) is 27.0. The summed E-state index contributed by atoms with van der Waals surface area (Å²) in [6.07, 6.45) is 30.8. The number of nitrogens with one attached hydrogen (secondary N) is 1. The SMILES string of the molecule is CCCCCCCCCCCCCCCC[C@@H](O)[C@H](COP(=O)(O)O)NC(=O)CCCCCCCCCCCCC. The van der Waals surface area contributed by atoms with Crippen LogP contribution in [0.15, 0.2) is 0 Å². The van der Waals surface area contributed by atoms with Gasteiger partial charge in [-0.05, 0) is 12.8 Å². The minimum atomic E-state index is -4.67. The van der Waals surface area contributed by atoms with Crippen LogP contribution in [-0.4, -0.2) is 39.6 Å². The average molecular weight is 606 g/mol. The van der Waals surface area contributed by atoms with Gasteiger partial charge in [-0.3, -0.25) is 9.32 Å². The van der Waals surface area contributed by atoms with Crippen LogP contribution in [0.1, 0.15) is 187 Å². The zero-order chi connectivity index (χ0) is 30.4. The summed E-state index contributed by atoms with van der Waals surface area (Å²) >= 11 is 0. The van der Waals surface area contributed by atoms with Gasteiger partial charge in [0.05, 0.1) is 18.8 Å². The summed E-state index contributed by atoms with van der Waals surface area (Å²) < 4.78 is 15.8. The number of phosphoric acid groups is 1. The lowest BCUT2D eigenvalue weighted by Gasteiger charge is -2.24. The molecule has 0 fully saturated rings. The quantitative estimate of drug-likeness (QED) is 0.0448. The van der Waals surface area contributed by atoms with E-state index in [2.05, 4.69) is 23.7 Å². The second-order valence-corrected chi connectivity index (χ2v) is 13.4. The maximum atomic E-state index is 12.5. The van der Waals surface area contributed by atoms with Gasteiger partial charge >= 0.3 is 7.82 Å². The van der Waals surface area contributed by atoms with Crippen LogP contribution in [0, 0.1) is 0 Å². The smallest absolute Gasteiger partial charge is 0.391 e. The van der Waals surface area contributed by atoms with Crippen molar-refractivity contribution in [1.29, 1.82) is 0 Å². The first-order chi connectivity index (χ1) is 19.8. The van der Waals surface area contributed by atoms with E-state index in [0.717, 1.165) is 38.5 Å². The molecule has 0 aliphatic carbocycles. The minimum Gasteiger partial charge on any atom is -0.391 e. The van der Waals surface area contributed by atoms with Crippen molar-refractivity contribution in [1.82, 2.24) is 5.32 Å². The Hall–Kier alpha value is -0.460. The summed E-state index contributed by atoms with van der Waals surface area (Å²) in [5.41, 5.74) is 0. The molecule has 0 aromatic heterocycles. The van der Waals surface area contributed by atoms with Crippen LogP contribution < -0.4 is 5.32 Å². The van der Waals surface area contributed by atoms with Gasteiger partial charge in [0.2, 0.25) is 5.91 Å². The molecule has 246 valence electrons. The maximum Gasteiger partial charge on any atom is 0.469 e. The van der Waals surface area contributed by atoms with Crippen molar-refractivity contribution >= 4 is 13.7 Å². The Kier molecular flexibility index (Phi) is 29.3. The average Bonchev–Trinajstić information content (AvgIpc) is 2.93. The summed E-state index contributed by atoms with van der Waals surface area (Å²) in [4.78, 5) is 30.7. The molecule has 0 spiro atoms. The van der Waals surface area contributed by atoms with Crippen LogP contribution in [0.3, 0.4) is 0 Å². The summed E-state index contributed by atoms with van der Waals surface area (Å²) in [7, 11) is -4.67. The van der Waals surface area contributed by atoms with Gasteiger partial charge in [0.25, 0.3) is 0 Å². The van der Waals surface area contributed by atoms with Gasteiger partial charge in [-0.25, -0.2) is 4.57 Å². The molecule has 0 radical (unpaired) electrons. The Labute approximate surface area is 253 Å². The van der Waals surface area contributed by atoms with E-state index in [1.807, 2.05) is 0 Å². The number of carbonyl (C=O) groups excluding carboxylic acids is 1. The largest absolute Gasteiger partial charge is 0.469 e. The van der Waals surface area contributed by atoms with Crippen LogP contribution in [0.4, 0.5) is 0 Å². The molecule has 0 aliphatic rings. The molecule has 1 amide bonds. The lowest BCUT2D eigenvalue weighted by atomic mass is 10.0. The third-order valence-electron chi connectivity index (χ3n) is 8.09. The fraction of sp³-hybridized carbons (Fsp3) is 0.970. The van der Waals surface area contributed by atoms with Crippen molar-refractivity contribution in [2.45, 2.75) is 199 Å². The summed E-state index contributed by atoms with van der Waals surface area (Å²) in [5.74, 6) is -0.194. The Balaban J connectivity index is 3.99. The topological polar surface area (TPSA) is 116 Å². The Morgan fingerprint density at radius 2 is 0.951 bits per heavy atom. The molecule has 0 saturated heterocycles. The van der Waals surface area contributed by atoms with Crippen LogP contribution in [0.2, 0.25) is 0 Å². The number of carbonyl (C=O) groups is 1. The normalized spacial score (nSPS) is 13.4. The van der Waals surface area contributed by atoms with Gasteiger partial charge in [0.15, 0.2) is 0 Å². The molecule has 0 aromatic rings. The van der Waals surface area contributed by atoms with Crippen LogP contribution >= 0.6 is 7.82 Å². The van der Waals surface area contributed by atoms with Crippen molar-refractivity contribution in [3.8, 4) is 0 Å². The van der Waals surface area contributed by atoms with Crippen molar-refractivity contribution in [3.63, 3.8) is 0 Å². The Morgan fingerprint density at radius 1 is 0.610 bits per heavy atom. The molecule has 7 nitrogen and oxygen atoms in total. The molecule has 0 aliphatic heterocycles. The third-order valence-corrected chi connectivity index (χ3v) is 8.58. The van der Waals surface area contributed by atoms with Gasteiger partial charge in [-0.2, -0.15) is 0 Å². The molecule has 8 heteroatoms. The molecule has 2 atom stereocenters. The molecule has 41 heavy (non-hydrogen) atoms. The number of phosphoric ester groups is 1. The van der Waals surface area contributed by atoms with E-state index in [4.69, 9.17) is 9.79 Å². The lowest BCUT2D eigenvalue weighted by Crippen LogP contribution is -2.46. The fourth-order valence-electron chi connectivity index (χ4n) is 5.40. The van der Waals surface area contributed by atoms with Crippen molar-refractivity contribution in [2.75, 3.05) is 6.61 Å². The number of unbranched alkanes of at least 4 members (excludes halogenated alkanes) is 23. The molecule has 0 saturated carbocycles. The molecule has 0 heterocycles. The van der Waals surface area contributed by atoms with Crippen LogP contribution in [-0.2, 0) is 13.9 Å². The van der Waals surface area contributed by atoms with E-state index in [0.29, 0.717) is 12.8 Å². The standard InChI is InChI=1S/C33H68NO6P/c1-3-5-7-9-11-13-15-16-17-19-20-22-24-26-28-32(35)31(30-40-41(37,38)39)34-33(36)29-27-25-23-21-18-14-12-10-8-6-4-2/h31-32,35H,3-30H2,1-2H3,(H,34,36)(H2,37,38,39)/t31-,32+/m0/s1. The van der Waals surface area contributed by atoms with Gasteiger partial charge in [0, 0.05) is 6.42 Å². The first kappa shape index (κ1) is 40.5. The van der Waals surface area contributed by atoms with Gasteiger partial charge < -0.3 is 20.2 Å². The Morgan fingerprint density at radius 3 is 1.32 bits per heavy atom. The van der Waals surface area contributed by atoms with Gasteiger partial charge in [-0.1, -0.05) is 168 Å². The molecule has 0 rings (SSSR count). The van der Waals surface area contributed by atoms with Crippen molar-refractivity contribution < 1.29 is 28.8 Å². The highest BCUT2D eigenvalue weighted by Crippen LogP contribution is 2.36. The van der Waals surface area contributed by atoms with E-state index in [9.17, 15) is 14.5 Å². The summed E-state index contributed by atoms with van der Waals surface area (Å²) in [5, 5.41) is 13.4. The predicted octanol–water partition coefficient (Wildman–Crippen LogP) is 9.51. The van der Waals surface area contributed by atoms with E-state index in [1.165, 1.54) is 122 Å². The highest BCUT2D eigenvalue weighted by atomic mass is 31.2. The highest BCUT2D eigenvalue weighted by molar-refractivity contribution is 7.46. The number of aliphatic hydroxyl groups is 1. The van der Waals surface area contributed by atoms with Crippen molar-refractivity contribution in [3.05, 3.63) is 0 Å². The molecule has 0 bridgehead atoms. The van der Waals surface area contributed by atoms with E-state index >= 15 is 0 Å². The number of hydrogen-bond acceptors (Lipinski definition) is 4. The minimum absolute atomic E-state index is 0.194. The van der Waals surface area contributed by atoms with E-state index in [1.54, 1.807) is 0 Å². The second kappa shape index (κ2) is 29.6. The molecule has 0 aromatic carbocycles. The van der Waals surface area contributed by atoms with Gasteiger partial charge in [-0.15, -0.1) is 0 Å². The van der Waals surface area contributed by atoms with Crippen LogP contribution in [0.5, 0.6) is 0 Å². The second-order valence-electron chi connectivity index (χ2n) is 12.2. The molecule has 0 unspecified atom stereocenters. The lowest BCUT2D eigenvalue weighted by molar-refractivity contribution is -0.123. The highest BCUT2D eigenvalue weighted by Gasteiger charge is 2.25. The maximum absolute atomic E-state index is 12.5. The number of aliphatic hydroxyl groups excluding tert-OH is 1. The molecular weight excluding hydrogens is 537 g/mol. The summed E-state index contributed by atoms with van der Waals surface area (Å²) in [6.45, 7) is 4.10. The molecule has 4 N–H and O–H groups in total. The summed E-state index contributed by atoms with van der Waals surface area (Å²) in [6, 6.07) is -0.815.